The van der Waals surface area contributed by atoms with Gasteiger partial charge in [-0.15, -0.1) is 0 Å². The number of amides is 3. The predicted molar refractivity (Wildman–Crippen MR) is 122 cm³/mol. The summed E-state index contributed by atoms with van der Waals surface area (Å²) in [5, 5.41) is 17.6. The molecule has 3 unspecified atom stereocenters. The molecule has 3 aliphatic rings. The summed E-state index contributed by atoms with van der Waals surface area (Å²) in [6.45, 7) is 6.51. The highest BCUT2D eigenvalue weighted by Gasteiger charge is 2.46. The fourth-order valence-corrected chi connectivity index (χ4v) is 5.24. The Morgan fingerprint density at radius 2 is 2.03 bits per heavy atom. The first-order valence-electron chi connectivity index (χ1n) is 12.3. The summed E-state index contributed by atoms with van der Waals surface area (Å²) in [6.07, 6.45) is 2.26. The molecule has 0 aromatic heterocycles. The second kappa shape index (κ2) is 11.8. The van der Waals surface area contributed by atoms with Gasteiger partial charge in [0.1, 0.15) is 18.2 Å². The highest BCUT2D eigenvalue weighted by Crippen LogP contribution is 2.40. The monoisotopic (exact) mass is 478 g/mol. The Morgan fingerprint density at radius 3 is 2.65 bits per heavy atom. The van der Waals surface area contributed by atoms with E-state index in [-0.39, 0.29) is 42.5 Å². The predicted octanol–water partition coefficient (Wildman–Crippen LogP) is 1.84. The molecule has 3 rings (SSSR count). The van der Waals surface area contributed by atoms with Crippen LogP contribution in [0.5, 0.6) is 0 Å². The molecule has 2 heterocycles. The van der Waals surface area contributed by atoms with E-state index < -0.39 is 30.2 Å². The normalized spacial score (nSPS) is 32.3. The summed E-state index contributed by atoms with van der Waals surface area (Å²) in [6, 6.07) is 0.394. The van der Waals surface area contributed by atoms with Crippen molar-refractivity contribution in [1.29, 1.82) is 5.26 Å². The van der Waals surface area contributed by atoms with Crippen LogP contribution in [0, 0.1) is 35.0 Å². The number of rotatable bonds is 9. The van der Waals surface area contributed by atoms with Crippen LogP contribution in [0.4, 0.5) is 4.79 Å². The molecule has 0 aromatic rings. The van der Waals surface area contributed by atoms with Crippen molar-refractivity contribution in [2.24, 2.45) is 23.7 Å². The smallest absolute Gasteiger partial charge is 0.408 e. The molecular formula is C24H38N4O6. The molecule has 2 saturated heterocycles. The summed E-state index contributed by atoms with van der Waals surface area (Å²) in [5.41, 5.74) is 0. The average Bonchev–Trinajstić information content (AvgIpc) is 3.35. The largest absolute Gasteiger partial charge is 0.443 e. The van der Waals surface area contributed by atoms with Crippen molar-refractivity contribution in [1.82, 2.24) is 16.0 Å². The Labute approximate surface area is 201 Å². The maximum Gasteiger partial charge on any atom is 0.408 e. The number of carbonyl (C=O) groups excluding carboxylic acids is 3. The van der Waals surface area contributed by atoms with Gasteiger partial charge in [-0.1, -0.05) is 20.8 Å². The number of hydrogen-bond donors (Lipinski definition) is 3. The van der Waals surface area contributed by atoms with Crippen LogP contribution < -0.4 is 16.0 Å². The third kappa shape index (κ3) is 6.60. The summed E-state index contributed by atoms with van der Waals surface area (Å²) >= 11 is 0. The number of nitrogens with zero attached hydrogens (tertiary/aromatic N) is 1. The highest BCUT2D eigenvalue weighted by molar-refractivity contribution is 5.86. The first kappa shape index (κ1) is 26.2. The minimum atomic E-state index is -0.856. The molecule has 10 heteroatoms. The molecule has 2 bridgehead atoms. The van der Waals surface area contributed by atoms with E-state index in [1.54, 1.807) is 7.11 Å². The fraction of sp³-hybridized carbons (Fsp3) is 0.833. The molecule has 0 spiro atoms. The number of fused-ring (bicyclic) bond motifs is 2. The van der Waals surface area contributed by atoms with Gasteiger partial charge in [-0.2, -0.15) is 5.26 Å². The molecule has 3 fully saturated rings. The number of nitrogens with one attached hydrogen (secondary N) is 3. The van der Waals surface area contributed by atoms with Gasteiger partial charge in [0.15, 0.2) is 6.29 Å². The first-order chi connectivity index (χ1) is 16.2. The van der Waals surface area contributed by atoms with E-state index in [2.05, 4.69) is 22.0 Å². The third-order valence-corrected chi connectivity index (χ3v) is 7.10. The third-order valence-electron chi connectivity index (χ3n) is 7.10. The maximum absolute atomic E-state index is 13.0. The number of carbonyl (C=O) groups is 3. The maximum atomic E-state index is 13.0. The van der Waals surface area contributed by atoms with Gasteiger partial charge in [-0.25, -0.2) is 4.79 Å². The summed E-state index contributed by atoms with van der Waals surface area (Å²) in [5.74, 6) is -0.319. The SMILES string of the molecule is CO[C@H]1OC2CC1CCC(C)[C@@H]2OC(=O)N[C@@H](CC(C)C)C(=O)N[C@H](C#N)C[C@@H]1CCNC1=O. The lowest BCUT2D eigenvalue weighted by molar-refractivity contribution is -0.165. The molecule has 3 amide bonds. The summed E-state index contributed by atoms with van der Waals surface area (Å²) < 4.78 is 17.2. The standard InChI is InChI=1S/C24H38N4O6/c1-13(2)9-18(22(30)27-17(12-25)10-15-7-8-26-21(15)29)28-24(31)34-20-14(3)5-6-16-11-19(20)33-23(16)32-4/h13-20,23H,5-11H2,1-4H3,(H,26,29)(H,27,30)(H,28,31)/t14?,15-,16?,17-,18-,19?,20-,23-/m0/s1. The quantitative estimate of drug-likeness (QED) is 0.459. The first-order valence-corrected chi connectivity index (χ1v) is 12.3. The van der Waals surface area contributed by atoms with E-state index in [9.17, 15) is 19.6 Å². The molecular weight excluding hydrogens is 440 g/mol. The molecule has 190 valence electrons. The molecule has 3 N–H and O–H groups in total. The molecule has 10 nitrogen and oxygen atoms in total. The van der Waals surface area contributed by atoms with Crippen LogP contribution in [0.3, 0.4) is 0 Å². The molecule has 1 aliphatic carbocycles. The Morgan fingerprint density at radius 1 is 1.26 bits per heavy atom. The van der Waals surface area contributed by atoms with Gasteiger partial charge in [-0.3, -0.25) is 9.59 Å². The van der Waals surface area contributed by atoms with Crippen LogP contribution in [0.1, 0.15) is 59.3 Å². The van der Waals surface area contributed by atoms with E-state index in [4.69, 9.17) is 14.2 Å². The summed E-state index contributed by atoms with van der Waals surface area (Å²) in [7, 11) is 1.62. The number of ether oxygens (including phenoxy) is 3. The Balaban J connectivity index is 1.59. The van der Waals surface area contributed by atoms with Crippen molar-refractivity contribution in [2.75, 3.05) is 13.7 Å². The van der Waals surface area contributed by atoms with E-state index in [0.29, 0.717) is 25.3 Å². The topological polar surface area (TPSA) is 139 Å². The zero-order chi connectivity index (χ0) is 24.8. The Kier molecular flexibility index (Phi) is 9.14. The number of methoxy groups -OCH3 is 1. The van der Waals surface area contributed by atoms with Gasteiger partial charge < -0.3 is 30.2 Å². The highest BCUT2D eigenvalue weighted by atomic mass is 16.7. The van der Waals surface area contributed by atoms with Gasteiger partial charge in [0.25, 0.3) is 0 Å². The fourth-order valence-electron chi connectivity index (χ4n) is 5.24. The zero-order valence-electron chi connectivity index (χ0n) is 20.5. The van der Waals surface area contributed by atoms with Crippen LogP contribution in [0.15, 0.2) is 0 Å². The van der Waals surface area contributed by atoms with Crippen molar-refractivity contribution < 1.29 is 28.6 Å². The van der Waals surface area contributed by atoms with Crippen LogP contribution in [0.2, 0.25) is 0 Å². The van der Waals surface area contributed by atoms with E-state index >= 15 is 0 Å². The van der Waals surface area contributed by atoms with Crippen molar-refractivity contribution in [3.05, 3.63) is 0 Å². The van der Waals surface area contributed by atoms with Crippen molar-refractivity contribution in [2.45, 2.75) is 89.9 Å². The zero-order valence-corrected chi connectivity index (χ0v) is 20.5. The van der Waals surface area contributed by atoms with Crippen LogP contribution in [-0.4, -0.2) is 62.1 Å². The Hall–Kier alpha value is -2.38. The molecule has 1 saturated carbocycles. The minimum absolute atomic E-state index is 0.0977. The molecule has 8 atom stereocenters. The number of alkyl carbamates (subject to hydrolysis) is 1. The second-order valence-electron chi connectivity index (χ2n) is 10.2. The molecule has 0 aromatic carbocycles. The lowest BCUT2D eigenvalue weighted by Crippen LogP contribution is -2.51. The van der Waals surface area contributed by atoms with Gasteiger partial charge >= 0.3 is 6.09 Å². The van der Waals surface area contributed by atoms with Crippen molar-refractivity contribution in [3.63, 3.8) is 0 Å². The summed E-state index contributed by atoms with van der Waals surface area (Å²) in [4.78, 5) is 37.7. The van der Waals surface area contributed by atoms with Crippen molar-refractivity contribution in [3.8, 4) is 6.07 Å². The van der Waals surface area contributed by atoms with Crippen LogP contribution in [-0.2, 0) is 23.8 Å². The van der Waals surface area contributed by atoms with Crippen LogP contribution >= 0.6 is 0 Å². The van der Waals surface area contributed by atoms with Gasteiger partial charge in [0.05, 0.1) is 12.2 Å². The molecule has 34 heavy (non-hydrogen) atoms. The number of nitriles is 1. The van der Waals surface area contributed by atoms with Gasteiger partial charge in [-0.05, 0) is 50.4 Å². The van der Waals surface area contributed by atoms with Gasteiger partial charge in [0.2, 0.25) is 11.8 Å². The lowest BCUT2D eigenvalue weighted by Gasteiger charge is -2.30. The Bertz CT molecular complexity index is 782. The van der Waals surface area contributed by atoms with Gasteiger partial charge in [0, 0.05) is 25.5 Å². The molecule has 2 aliphatic heterocycles. The van der Waals surface area contributed by atoms with Crippen molar-refractivity contribution >= 4 is 17.9 Å². The second-order valence-corrected chi connectivity index (χ2v) is 10.2. The van der Waals surface area contributed by atoms with Crippen LogP contribution in [0.25, 0.3) is 0 Å². The molecule has 0 radical (unpaired) electrons. The average molecular weight is 479 g/mol. The van der Waals surface area contributed by atoms with E-state index in [1.807, 2.05) is 20.8 Å². The minimum Gasteiger partial charge on any atom is -0.443 e. The van der Waals surface area contributed by atoms with E-state index in [1.165, 1.54) is 0 Å². The van der Waals surface area contributed by atoms with E-state index in [0.717, 1.165) is 19.3 Å². The number of hydrogen-bond acceptors (Lipinski definition) is 7. The lowest BCUT2D eigenvalue weighted by atomic mass is 9.97.